The standard InChI is InChI=1S/C10H11IO2/c1-7(13)5-8-3-2-4-9(6-12)10(8)11/h2-4,6-7,13H,5H2,1H3. The van der Waals surface area contributed by atoms with Crippen molar-refractivity contribution in [2.24, 2.45) is 0 Å². The van der Waals surface area contributed by atoms with Gasteiger partial charge in [0.15, 0.2) is 6.29 Å². The first-order valence-corrected chi connectivity index (χ1v) is 5.13. The first-order chi connectivity index (χ1) is 6.15. The summed E-state index contributed by atoms with van der Waals surface area (Å²) >= 11 is 2.13. The second-order valence-electron chi connectivity index (χ2n) is 2.99. The molecule has 0 amide bonds. The van der Waals surface area contributed by atoms with E-state index in [1.807, 2.05) is 12.1 Å². The molecule has 0 radical (unpaired) electrons. The van der Waals surface area contributed by atoms with Crippen molar-refractivity contribution < 1.29 is 9.90 Å². The maximum absolute atomic E-state index is 10.6. The zero-order valence-corrected chi connectivity index (χ0v) is 9.48. The molecule has 0 heterocycles. The van der Waals surface area contributed by atoms with E-state index in [0.717, 1.165) is 15.4 Å². The van der Waals surface area contributed by atoms with Gasteiger partial charge in [0, 0.05) is 9.13 Å². The molecule has 1 atom stereocenters. The summed E-state index contributed by atoms with van der Waals surface area (Å²) in [4.78, 5) is 10.6. The Bertz CT molecular complexity index is 308. The van der Waals surface area contributed by atoms with Gasteiger partial charge < -0.3 is 5.11 Å². The lowest BCUT2D eigenvalue weighted by molar-refractivity contribution is 0.112. The number of carbonyl (C=O) groups is 1. The van der Waals surface area contributed by atoms with Gasteiger partial charge in [-0.25, -0.2) is 0 Å². The van der Waals surface area contributed by atoms with Gasteiger partial charge in [-0.3, -0.25) is 4.79 Å². The van der Waals surface area contributed by atoms with E-state index in [0.29, 0.717) is 12.0 Å². The van der Waals surface area contributed by atoms with Gasteiger partial charge in [-0.2, -0.15) is 0 Å². The number of carbonyl (C=O) groups excluding carboxylic acids is 1. The Morgan fingerprint density at radius 2 is 2.31 bits per heavy atom. The highest BCUT2D eigenvalue weighted by molar-refractivity contribution is 14.1. The van der Waals surface area contributed by atoms with Crippen LogP contribution in [0.4, 0.5) is 0 Å². The van der Waals surface area contributed by atoms with E-state index < -0.39 is 0 Å². The maximum atomic E-state index is 10.6. The van der Waals surface area contributed by atoms with Crippen LogP contribution in [0, 0.1) is 3.57 Å². The SMILES string of the molecule is CC(O)Cc1cccc(C=O)c1I. The van der Waals surface area contributed by atoms with E-state index in [4.69, 9.17) is 0 Å². The molecule has 0 fully saturated rings. The number of aliphatic hydroxyl groups is 1. The van der Waals surface area contributed by atoms with Crippen molar-refractivity contribution >= 4 is 28.9 Å². The van der Waals surface area contributed by atoms with Crippen LogP contribution in [0.3, 0.4) is 0 Å². The molecule has 0 aliphatic rings. The molecule has 1 aromatic rings. The molecule has 1 unspecified atom stereocenters. The van der Waals surface area contributed by atoms with Crippen molar-refractivity contribution in [3.63, 3.8) is 0 Å². The smallest absolute Gasteiger partial charge is 0.151 e. The molecule has 0 aliphatic heterocycles. The van der Waals surface area contributed by atoms with Crippen molar-refractivity contribution in [1.29, 1.82) is 0 Å². The fraction of sp³-hybridized carbons (Fsp3) is 0.300. The van der Waals surface area contributed by atoms with Gasteiger partial charge in [0.05, 0.1) is 6.10 Å². The molecule has 0 bridgehead atoms. The highest BCUT2D eigenvalue weighted by atomic mass is 127. The van der Waals surface area contributed by atoms with Gasteiger partial charge in [0.2, 0.25) is 0 Å². The lowest BCUT2D eigenvalue weighted by Crippen LogP contribution is -2.06. The van der Waals surface area contributed by atoms with E-state index in [1.165, 1.54) is 0 Å². The minimum absolute atomic E-state index is 0.365. The first kappa shape index (κ1) is 10.7. The third kappa shape index (κ3) is 2.77. The van der Waals surface area contributed by atoms with E-state index in [-0.39, 0.29) is 6.10 Å². The number of hydrogen-bond acceptors (Lipinski definition) is 2. The predicted octanol–water partition coefficient (Wildman–Crippen LogP) is 2.03. The molecule has 13 heavy (non-hydrogen) atoms. The normalized spacial score (nSPS) is 12.5. The van der Waals surface area contributed by atoms with Crippen molar-refractivity contribution in [2.75, 3.05) is 0 Å². The van der Waals surface area contributed by atoms with Gasteiger partial charge in [0.1, 0.15) is 0 Å². The highest BCUT2D eigenvalue weighted by Crippen LogP contribution is 2.17. The zero-order chi connectivity index (χ0) is 9.84. The summed E-state index contributed by atoms with van der Waals surface area (Å²) in [5, 5.41) is 9.20. The van der Waals surface area contributed by atoms with Crippen LogP contribution in [0.2, 0.25) is 0 Å². The topological polar surface area (TPSA) is 37.3 Å². The van der Waals surface area contributed by atoms with Crippen LogP contribution in [-0.4, -0.2) is 17.5 Å². The summed E-state index contributed by atoms with van der Waals surface area (Å²) in [6.07, 6.45) is 1.07. The van der Waals surface area contributed by atoms with Crippen molar-refractivity contribution in [3.05, 3.63) is 32.9 Å². The van der Waals surface area contributed by atoms with E-state index in [2.05, 4.69) is 22.6 Å². The van der Waals surface area contributed by atoms with Crippen molar-refractivity contribution in [1.82, 2.24) is 0 Å². The Balaban J connectivity index is 3.01. The van der Waals surface area contributed by atoms with Crippen molar-refractivity contribution in [2.45, 2.75) is 19.4 Å². The number of rotatable bonds is 3. The average molecular weight is 290 g/mol. The minimum atomic E-state index is -0.365. The molecular formula is C10H11IO2. The number of benzene rings is 1. The lowest BCUT2D eigenvalue weighted by atomic mass is 10.1. The second kappa shape index (κ2) is 4.72. The summed E-state index contributed by atoms with van der Waals surface area (Å²) in [6.45, 7) is 1.74. The van der Waals surface area contributed by atoms with Crippen LogP contribution >= 0.6 is 22.6 Å². The fourth-order valence-electron chi connectivity index (χ4n) is 1.17. The Hall–Kier alpha value is -0.420. The van der Waals surface area contributed by atoms with Gasteiger partial charge >= 0.3 is 0 Å². The zero-order valence-electron chi connectivity index (χ0n) is 7.33. The summed E-state index contributed by atoms with van der Waals surface area (Å²) in [7, 11) is 0. The van der Waals surface area contributed by atoms with Crippen LogP contribution in [0.5, 0.6) is 0 Å². The lowest BCUT2D eigenvalue weighted by Gasteiger charge is -2.07. The maximum Gasteiger partial charge on any atom is 0.151 e. The van der Waals surface area contributed by atoms with Crippen LogP contribution in [-0.2, 0) is 6.42 Å². The molecule has 0 aromatic heterocycles. The molecule has 1 rings (SSSR count). The molecule has 2 nitrogen and oxygen atoms in total. The third-order valence-electron chi connectivity index (χ3n) is 1.75. The molecular weight excluding hydrogens is 279 g/mol. The van der Waals surface area contributed by atoms with Crippen LogP contribution < -0.4 is 0 Å². The number of aldehydes is 1. The Labute approximate surface area is 91.1 Å². The molecule has 70 valence electrons. The number of halogens is 1. The molecule has 1 N–H and O–H groups in total. The summed E-state index contributed by atoms with van der Waals surface area (Å²) in [6, 6.07) is 5.55. The van der Waals surface area contributed by atoms with E-state index in [9.17, 15) is 9.90 Å². The Morgan fingerprint density at radius 3 is 2.85 bits per heavy atom. The predicted molar refractivity (Wildman–Crippen MR) is 59.9 cm³/mol. The Morgan fingerprint density at radius 1 is 1.62 bits per heavy atom. The minimum Gasteiger partial charge on any atom is -0.393 e. The molecule has 0 aliphatic carbocycles. The van der Waals surface area contributed by atoms with Gasteiger partial charge in [-0.1, -0.05) is 18.2 Å². The molecule has 0 saturated heterocycles. The molecule has 0 saturated carbocycles. The summed E-state index contributed by atoms with van der Waals surface area (Å²) in [5.74, 6) is 0. The number of hydrogen-bond donors (Lipinski definition) is 1. The fourth-order valence-corrected chi connectivity index (χ4v) is 1.87. The van der Waals surface area contributed by atoms with Crippen molar-refractivity contribution in [3.8, 4) is 0 Å². The first-order valence-electron chi connectivity index (χ1n) is 4.05. The highest BCUT2D eigenvalue weighted by Gasteiger charge is 2.06. The summed E-state index contributed by atoms with van der Waals surface area (Å²) < 4.78 is 0.941. The average Bonchev–Trinajstić information content (AvgIpc) is 2.08. The van der Waals surface area contributed by atoms with Gasteiger partial charge in [0.25, 0.3) is 0 Å². The molecule has 0 spiro atoms. The van der Waals surface area contributed by atoms with E-state index >= 15 is 0 Å². The molecule has 1 aromatic carbocycles. The van der Waals surface area contributed by atoms with Crippen LogP contribution in [0.25, 0.3) is 0 Å². The number of aliphatic hydroxyl groups excluding tert-OH is 1. The van der Waals surface area contributed by atoms with Gasteiger partial charge in [-0.15, -0.1) is 0 Å². The quantitative estimate of drug-likeness (QED) is 0.683. The largest absolute Gasteiger partial charge is 0.393 e. The summed E-state index contributed by atoms with van der Waals surface area (Å²) in [5.41, 5.74) is 1.72. The van der Waals surface area contributed by atoms with Crippen LogP contribution in [0.15, 0.2) is 18.2 Å². The van der Waals surface area contributed by atoms with Crippen LogP contribution in [0.1, 0.15) is 22.8 Å². The van der Waals surface area contributed by atoms with Gasteiger partial charge in [-0.05, 0) is 41.5 Å². The Kier molecular flexibility index (Phi) is 3.87. The molecule has 3 heteroatoms. The monoisotopic (exact) mass is 290 g/mol. The third-order valence-corrected chi connectivity index (χ3v) is 3.07. The van der Waals surface area contributed by atoms with E-state index in [1.54, 1.807) is 13.0 Å². The second-order valence-corrected chi connectivity index (χ2v) is 4.07.